The molecule has 0 aliphatic rings. The summed E-state index contributed by atoms with van der Waals surface area (Å²) in [6.45, 7) is 0.324. The zero-order valence-corrected chi connectivity index (χ0v) is 13.3. The second-order valence-corrected chi connectivity index (χ2v) is 5.80. The number of carbonyl (C=O) groups excluding carboxylic acids is 1. The van der Waals surface area contributed by atoms with Gasteiger partial charge in [-0.05, 0) is 12.8 Å². The van der Waals surface area contributed by atoms with Crippen LogP contribution in [0.2, 0.25) is 0 Å². The van der Waals surface area contributed by atoms with Crippen LogP contribution < -0.4 is 0 Å². The predicted molar refractivity (Wildman–Crippen MR) is 84.4 cm³/mol. The maximum Gasteiger partial charge on any atom is 0.372 e. The van der Waals surface area contributed by atoms with Gasteiger partial charge in [-0.2, -0.15) is 0 Å². The van der Waals surface area contributed by atoms with E-state index in [1.807, 2.05) is 0 Å². The third-order valence-corrected chi connectivity index (χ3v) is 3.80. The number of Topliss-reactive ketones (excluding diaryl/α,β-unsaturated/α-hetero) is 1. The largest absolute Gasteiger partial charge is 0.476 e. The van der Waals surface area contributed by atoms with Crippen molar-refractivity contribution in [3.8, 4) is 0 Å². The van der Waals surface area contributed by atoms with E-state index in [9.17, 15) is 9.59 Å². The fraction of sp³-hybridized carbons (Fsp3) is 0.882. The minimum Gasteiger partial charge on any atom is -0.476 e. The van der Waals surface area contributed by atoms with E-state index in [0.717, 1.165) is 25.7 Å². The smallest absolute Gasteiger partial charge is 0.372 e. The summed E-state index contributed by atoms with van der Waals surface area (Å²) >= 11 is 0. The van der Waals surface area contributed by atoms with E-state index in [2.05, 4.69) is 0 Å². The summed E-state index contributed by atoms with van der Waals surface area (Å²) in [6.07, 6.45) is 15.2. The molecular formula is C17H32O4. The van der Waals surface area contributed by atoms with E-state index in [-0.39, 0.29) is 6.42 Å². The molecule has 0 radical (unpaired) electrons. The molecule has 124 valence electrons. The number of aliphatic hydroxyl groups excluding tert-OH is 1. The quantitative estimate of drug-likeness (QED) is 0.332. The summed E-state index contributed by atoms with van der Waals surface area (Å²) in [5.41, 5.74) is 0. The van der Waals surface area contributed by atoms with Gasteiger partial charge in [0.2, 0.25) is 5.78 Å². The van der Waals surface area contributed by atoms with Crippen LogP contribution in [0.15, 0.2) is 0 Å². The number of rotatable bonds is 16. The Morgan fingerprint density at radius 2 is 0.905 bits per heavy atom. The van der Waals surface area contributed by atoms with E-state index in [1.54, 1.807) is 0 Å². The zero-order valence-electron chi connectivity index (χ0n) is 13.3. The average Bonchev–Trinajstić information content (AvgIpc) is 2.47. The Balaban J connectivity index is 3.06. The molecule has 0 heterocycles. The van der Waals surface area contributed by atoms with E-state index in [0.29, 0.717) is 13.0 Å². The fourth-order valence-corrected chi connectivity index (χ4v) is 2.45. The van der Waals surface area contributed by atoms with Crippen LogP contribution >= 0.6 is 0 Å². The van der Waals surface area contributed by atoms with Gasteiger partial charge in [-0.3, -0.25) is 4.79 Å². The van der Waals surface area contributed by atoms with Gasteiger partial charge < -0.3 is 10.2 Å². The van der Waals surface area contributed by atoms with Gasteiger partial charge in [0.25, 0.3) is 0 Å². The second kappa shape index (κ2) is 15.5. The molecule has 0 atom stereocenters. The SMILES string of the molecule is O=C(O)C(=O)CCCCCCCCCCCCCCCO. The van der Waals surface area contributed by atoms with Gasteiger partial charge in [-0.25, -0.2) is 4.79 Å². The Bertz CT molecular complexity index is 264. The van der Waals surface area contributed by atoms with Crippen LogP contribution in [0.4, 0.5) is 0 Å². The van der Waals surface area contributed by atoms with Crippen LogP contribution in [-0.4, -0.2) is 28.6 Å². The molecule has 2 N–H and O–H groups in total. The van der Waals surface area contributed by atoms with E-state index in [1.165, 1.54) is 51.4 Å². The number of hydrogen-bond acceptors (Lipinski definition) is 3. The second-order valence-electron chi connectivity index (χ2n) is 5.80. The number of hydrogen-bond donors (Lipinski definition) is 2. The molecular weight excluding hydrogens is 268 g/mol. The van der Waals surface area contributed by atoms with Crippen LogP contribution in [0.25, 0.3) is 0 Å². The highest BCUT2D eigenvalue weighted by atomic mass is 16.4. The van der Waals surface area contributed by atoms with Crippen LogP contribution in [0.3, 0.4) is 0 Å². The summed E-state index contributed by atoms with van der Waals surface area (Å²) in [5.74, 6) is -1.96. The van der Waals surface area contributed by atoms with Crippen molar-refractivity contribution in [1.82, 2.24) is 0 Å². The highest BCUT2D eigenvalue weighted by Gasteiger charge is 2.09. The first-order valence-corrected chi connectivity index (χ1v) is 8.55. The molecule has 0 aliphatic heterocycles. The van der Waals surface area contributed by atoms with Gasteiger partial charge in [-0.15, -0.1) is 0 Å². The molecule has 0 unspecified atom stereocenters. The molecule has 0 rings (SSSR count). The van der Waals surface area contributed by atoms with E-state index in [4.69, 9.17) is 10.2 Å². The van der Waals surface area contributed by atoms with Crippen molar-refractivity contribution in [3.05, 3.63) is 0 Å². The van der Waals surface area contributed by atoms with Crippen LogP contribution in [0.1, 0.15) is 89.9 Å². The molecule has 0 aliphatic carbocycles. The molecule has 0 spiro atoms. The average molecular weight is 300 g/mol. The monoisotopic (exact) mass is 300 g/mol. The van der Waals surface area contributed by atoms with Crippen molar-refractivity contribution in [2.45, 2.75) is 89.9 Å². The molecule has 0 saturated carbocycles. The van der Waals surface area contributed by atoms with Crippen molar-refractivity contribution in [1.29, 1.82) is 0 Å². The molecule has 0 amide bonds. The first-order chi connectivity index (χ1) is 10.2. The lowest BCUT2D eigenvalue weighted by molar-refractivity contribution is -0.149. The van der Waals surface area contributed by atoms with Crippen molar-refractivity contribution in [3.63, 3.8) is 0 Å². The van der Waals surface area contributed by atoms with Crippen molar-refractivity contribution >= 4 is 11.8 Å². The molecule has 21 heavy (non-hydrogen) atoms. The van der Waals surface area contributed by atoms with Crippen molar-refractivity contribution in [2.75, 3.05) is 6.61 Å². The molecule has 0 bridgehead atoms. The van der Waals surface area contributed by atoms with Gasteiger partial charge in [0.05, 0.1) is 0 Å². The summed E-state index contributed by atoms with van der Waals surface area (Å²) in [4.78, 5) is 21.2. The summed E-state index contributed by atoms with van der Waals surface area (Å²) < 4.78 is 0. The zero-order chi connectivity index (χ0) is 15.8. The van der Waals surface area contributed by atoms with E-state index >= 15 is 0 Å². The molecule has 0 aromatic carbocycles. The molecule has 4 heteroatoms. The Morgan fingerprint density at radius 3 is 1.24 bits per heavy atom. The summed E-state index contributed by atoms with van der Waals surface area (Å²) in [5, 5.41) is 17.1. The highest BCUT2D eigenvalue weighted by molar-refractivity contribution is 6.32. The standard InChI is InChI=1S/C17H32O4/c18-15-13-11-9-7-5-3-1-2-4-6-8-10-12-14-16(19)17(20)21/h18H,1-15H2,(H,20,21). The molecule has 0 aromatic heterocycles. The first kappa shape index (κ1) is 20.1. The molecule has 0 aromatic rings. The third kappa shape index (κ3) is 15.3. The van der Waals surface area contributed by atoms with Crippen LogP contribution in [0.5, 0.6) is 0 Å². The molecule has 4 nitrogen and oxygen atoms in total. The third-order valence-electron chi connectivity index (χ3n) is 3.80. The molecule has 0 fully saturated rings. The summed E-state index contributed by atoms with van der Waals surface area (Å²) in [7, 11) is 0. The van der Waals surface area contributed by atoms with E-state index < -0.39 is 11.8 Å². The summed E-state index contributed by atoms with van der Waals surface area (Å²) in [6, 6.07) is 0. The Kier molecular flexibility index (Phi) is 14.8. The van der Waals surface area contributed by atoms with Gasteiger partial charge >= 0.3 is 5.97 Å². The van der Waals surface area contributed by atoms with Crippen molar-refractivity contribution < 1.29 is 19.8 Å². The minimum atomic E-state index is -1.30. The maximum atomic E-state index is 10.8. The normalized spacial score (nSPS) is 10.7. The number of aliphatic hydroxyl groups is 1. The first-order valence-electron chi connectivity index (χ1n) is 8.55. The Morgan fingerprint density at radius 1 is 0.571 bits per heavy atom. The number of aliphatic carboxylic acids is 1. The lowest BCUT2D eigenvalue weighted by Crippen LogP contribution is -2.11. The van der Waals surface area contributed by atoms with Crippen LogP contribution in [0, 0.1) is 0 Å². The number of carboxylic acids is 1. The fourth-order valence-electron chi connectivity index (χ4n) is 2.45. The van der Waals surface area contributed by atoms with Crippen molar-refractivity contribution in [2.24, 2.45) is 0 Å². The maximum absolute atomic E-state index is 10.8. The highest BCUT2D eigenvalue weighted by Crippen LogP contribution is 2.12. The van der Waals surface area contributed by atoms with Gasteiger partial charge in [-0.1, -0.05) is 70.6 Å². The Labute approximate surface area is 128 Å². The number of carboxylic acid groups (broad SMARTS) is 1. The number of unbranched alkanes of at least 4 members (excludes halogenated alkanes) is 12. The number of carbonyl (C=O) groups is 2. The predicted octanol–water partition coefficient (Wildman–Crippen LogP) is 4.09. The minimum absolute atomic E-state index is 0.186. The lowest BCUT2D eigenvalue weighted by atomic mass is 10.0. The van der Waals surface area contributed by atoms with Gasteiger partial charge in [0, 0.05) is 13.0 Å². The van der Waals surface area contributed by atoms with Gasteiger partial charge in [0.15, 0.2) is 0 Å². The van der Waals surface area contributed by atoms with Gasteiger partial charge in [0.1, 0.15) is 0 Å². The van der Waals surface area contributed by atoms with Crippen LogP contribution in [-0.2, 0) is 9.59 Å². The lowest BCUT2D eigenvalue weighted by Gasteiger charge is -2.02. The molecule has 0 saturated heterocycles. The Hall–Kier alpha value is -0.900. The number of ketones is 1. The topological polar surface area (TPSA) is 74.6 Å².